The van der Waals surface area contributed by atoms with Gasteiger partial charge >= 0.3 is 0 Å². The molecule has 0 aromatic heterocycles. The van der Waals surface area contributed by atoms with Crippen LogP contribution in [0.3, 0.4) is 0 Å². The maximum atomic E-state index is 11.9. The van der Waals surface area contributed by atoms with Crippen LogP contribution in [0.25, 0.3) is 0 Å². The summed E-state index contributed by atoms with van der Waals surface area (Å²) in [5.74, 6) is -0.651. The molecule has 0 fully saturated rings. The normalized spacial score (nSPS) is 10.1. The smallest absolute Gasteiger partial charge is 0.269 e. The number of rotatable bonds is 6. The third-order valence-corrected chi connectivity index (χ3v) is 3.13. The van der Waals surface area contributed by atoms with Crippen molar-refractivity contribution in [3.63, 3.8) is 0 Å². The summed E-state index contributed by atoms with van der Waals surface area (Å²) in [5.41, 5.74) is 7.14. The molecule has 0 radical (unpaired) electrons. The first-order valence-electron chi connectivity index (χ1n) is 6.84. The van der Waals surface area contributed by atoms with Crippen molar-refractivity contribution in [2.45, 2.75) is 12.8 Å². The number of nitrogens with two attached hydrogens (primary N) is 1. The van der Waals surface area contributed by atoms with Gasteiger partial charge in [0.15, 0.2) is 0 Å². The van der Waals surface area contributed by atoms with E-state index in [-0.39, 0.29) is 24.4 Å². The summed E-state index contributed by atoms with van der Waals surface area (Å²) >= 11 is 0. The number of anilines is 1. The molecule has 2 aromatic carbocycles. The van der Waals surface area contributed by atoms with Gasteiger partial charge in [0, 0.05) is 17.8 Å². The van der Waals surface area contributed by atoms with Gasteiger partial charge < -0.3 is 11.1 Å². The molecule has 118 valence electrons. The number of primary amides is 1. The minimum Gasteiger partial charge on any atom is -0.369 e. The number of nitrogens with zero attached hydrogens (tertiary/aromatic N) is 1. The number of carbonyl (C=O) groups excluding carboxylic acids is 2. The molecule has 0 aliphatic rings. The molecule has 0 aliphatic heterocycles. The predicted octanol–water partition coefficient (Wildman–Crippen LogP) is 1.80. The second kappa shape index (κ2) is 7.17. The summed E-state index contributed by atoms with van der Waals surface area (Å²) in [5, 5.41) is 13.3. The number of hydrogen-bond donors (Lipinski definition) is 2. The van der Waals surface area contributed by atoms with Gasteiger partial charge in [-0.15, -0.1) is 0 Å². The van der Waals surface area contributed by atoms with Gasteiger partial charge in [0.1, 0.15) is 0 Å². The van der Waals surface area contributed by atoms with Gasteiger partial charge in [0.25, 0.3) is 5.69 Å². The van der Waals surface area contributed by atoms with E-state index in [2.05, 4.69) is 5.32 Å². The monoisotopic (exact) mass is 313 g/mol. The van der Waals surface area contributed by atoms with Gasteiger partial charge in [0.2, 0.25) is 11.8 Å². The fourth-order valence-corrected chi connectivity index (χ4v) is 2.03. The number of carbonyl (C=O) groups is 2. The van der Waals surface area contributed by atoms with E-state index < -0.39 is 10.8 Å². The summed E-state index contributed by atoms with van der Waals surface area (Å²) in [6, 6.07) is 12.6. The molecule has 0 bridgehead atoms. The maximum Gasteiger partial charge on any atom is 0.269 e. The first-order valence-corrected chi connectivity index (χ1v) is 6.84. The van der Waals surface area contributed by atoms with Crippen molar-refractivity contribution >= 4 is 23.2 Å². The van der Waals surface area contributed by atoms with Crippen LogP contribution in [0.15, 0.2) is 48.5 Å². The predicted molar refractivity (Wildman–Crippen MR) is 84.8 cm³/mol. The number of nitrogens with one attached hydrogen (secondary N) is 1. The highest BCUT2D eigenvalue weighted by molar-refractivity contribution is 5.92. The summed E-state index contributed by atoms with van der Waals surface area (Å²) in [4.78, 5) is 32.8. The van der Waals surface area contributed by atoms with E-state index in [9.17, 15) is 19.7 Å². The Morgan fingerprint density at radius 2 is 1.48 bits per heavy atom. The van der Waals surface area contributed by atoms with Crippen molar-refractivity contribution < 1.29 is 14.5 Å². The molecular weight excluding hydrogens is 298 g/mol. The molecule has 7 nitrogen and oxygen atoms in total. The van der Waals surface area contributed by atoms with Crippen molar-refractivity contribution in [1.82, 2.24) is 0 Å². The van der Waals surface area contributed by atoms with Gasteiger partial charge in [-0.1, -0.05) is 24.3 Å². The molecule has 2 rings (SSSR count). The lowest BCUT2D eigenvalue weighted by molar-refractivity contribution is -0.384. The Labute approximate surface area is 132 Å². The molecule has 23 heavy (non-hydrogen) atoms. The standard InChI is InChI=1S/C16H15N3O4/c17-15(20)9-11-1-5-13(6-2-11)18-16(21)10-12-3-7-14(8-4-12)19(22)23/h1-8H,9-10H2,(H2,17,20)(H,18,21). The lowest BCUT2D eigenvalue weighted by Gasteiger charge is -2.06. The van der Waals surface area contributed by atoms with Gasteiger partial charge in [-0.05, 0) is 23.3 Å². The van der Waals surface area contributed by atoms with E-state index in [1.54, 1.807) is 36.4 Å². The lowest BCUT2D eigenvalue weighted by Crippen LogP contribution is -2.15. The first kappa shape index (κ1) is 16.2. The molecule has 0 aliphatic carbocycles. The van der Waals surface area contributed by atoms with Crippen LogP contribution in [-0.2, 0) is 22.4 Å². The SMILES string of the molecule is NC(=O)Cc1ccc(NC(=O)Cc2ccc([N+](=O)[O-])cc2)cc1. The van der Waals surface area contributed by atoms with Crippen molar-refractivity contribution in [3.8, 4) is 0 Å². The van der Waals surface area contributed by atoms with Crippen LogP contribution >= 0.6 is 0 Å². The number of hydrogen-bond acceptors (Lipinski definition) is 4. The Balaban J connectivity index is 1.93. The molecule has 0 spiro atoms. The largest absolute Gasteiger partial charge is 0.369 e. The van der Waals surface area contributed by atoms with E-state index in [1.165, 1.54) is 12.1 Å². The zero-order valence-electron chi connectivity index (χ0n) is 12.2. The van der Waals surface area contributed by atoms with Crippen LogP contribution in [0.5, 0.6) is 0 Å². The average Bonchev–Trinajstić information content (AvgIpc) is 2.49. The van der Waals surface area contributed by atoms with E-state index in [4.69, 9.17) is 5.73 Å². The molecule has 2 amide bonds. The highest BCUT2D eigenvalue weighted by Gasteiger charge is 2.08. The molecule has 0 unspecified atom stereocenters. The number of benzene rings is 2. The summed E-state index contributed by atoms with van der Waals surface area (Å²) in [6.07, 6.45) is 0.262. The van der Waals surface area contributed by atoms with Crippen LogP contribution in [0, 0.1) is 10.1 Å². The number of amides is 2. The molecule has 3 N–H and O–H groups in total. The highest BCUT2D eigenvalue weighted by Crippen LogP contribution is 2.14. The molecule has 2 aromatic rings. The molecule has 7 heteroatoms. The van der Waals surface area contributed by atoms with E-state index >= 15 is 0 Å². The Morgan fingerprint density at radius 3 is 2.00 bits per heavy atom. The molecule has 0 saturated carbocycles. The summed E-state index contributed by atoms with van der Waals surface area (Å²) in [7, 11) is 0. The maximum absolute atomic E-state index is 11.9. The summed E-state index contributed by atoms with van der Waals surface area (Å²) < 4.78 is 0. The van der Waals surface area contributed by atoms with Crippen molar-refractivity contribution in [3.05, 3.63) is 69.8 Å². The fraction of sp³-hybridized carbons (Fsp3) is 0.125. The van der Waals surface area contributed by atoms with Crippen LogP contribution in [0.4, 0.5) is 11.4 Å². The number of nitro benzene ring substituents is 1. The van der Waals surface area contributed by atoms with E-state index in [1.807, 2.05) is 0 Å². The Kier molecular flexibility index (Phi) is 5.03. The number of non-ortho nitro benzene ring substituents is 1. The van der Waals surface area contributed by atoms with Gasteiger partial charge in [0.05, 0.1) is 17.8 Å². The Bertz CT molecular complexity index is 724. The topological polar surface area (TPSA) is 115 Å². The zero-order valence-corrected chi connectivity index (χ0v) is 12.2. The van der Waals surface area contributed by atoms with Crippen molar-refractivity contribution in [2.75, 3.05) is 5.32 Å². The third-order valence-electron chi connectivity index (χ3n) is 3.13. The lowest BCUT2D eigenvalue weighted by atomic mass is 10.1. The number of nitro groups is 1. The summed E-state index contributed by atoms with van der Waals surface area (Å²) in [6.45, 7) is 0. The van der Waals surface area contributed by atoms with Gasteiger partial charge in [-0.2, -0.15) is 0 Å². The molecular formula is C16H15N3O4. The molecule has 0 saturated heterocycles. The van der Waals surface area contributed by atoms with E-state index in [0.29, 0.717) is 11.3 Å². The van der Waals surface area contributed by atoms with Crippen molar-refractivity contribution in [2.24, 2.45) is 5.73 Å². The first-order chi connectivity index (χ1) is 10.9. The van der Waals surface area contributed by atoms with Crippen LogP contribution in [0.2, 0.25) is 0 Å². The van der Waals surface area contributed by atoms with Crippen LogP contribution in [0.1, 0.15) is 11.1 Å². The van der Waals surface area contributed by atoms with Crippen molar-refractivity contribution in [1.29, 1.82) is 0 Å². The molecule has 0 heterocycles. The van der Waals surface area contributed by atoms with Crippen LogP contribution in [-0.4, -0.2) is 16.7 Å². The minimum absolute atomic E-state index is 0.0146. The van der Waals surface area contributed by atoms with Crippen LogP contribution < -0.4 is 11.1 Å². The average molecular weight is 313 g/mol. The minimum atomic E-state index is -0.489. The molecule has 0 atom stereocenters. The van der Waals surface area contributed by atoms with Gasteiger partial charge in [-0.25, -0.2) is 0 Å². The Morgan fingerprint density at radius 1 is 0.957 bits per heavy atom. The third kappa shape index (κ3) is 4.92. The fourth-order valence-electron chi connectivity index (χ4n) is 2.03. The second-order valence-electron chi connectivity index (χ2n) is 4.99. The second-order valence-corrected chi connectivity index (χ2v) is 4.99. The Hall–Kier alpha value is -3.22. The van der Waals surface area contributed by atoms with Gasteiger partial charge in [-0.3, -0.25) is 19.7 Å². The quantitative estimate of drug-likeness (QED) is 0.625. The highest BCUT2D eigenvalue weighted by atomic mass is 16.6. The van der Waals surface area contributed by atoms with E-state index in [0.717, 1.165) is 5.56 Å². The zero-order chi connectivity index (χ0) is 16.8.